The fourth-order valence-corrected chi connectivity index (χ4v) is 2.42. The normalized spacial score (nSPS) is 11.8. The largest absolute Gasteiger partial charge is 0.312 e. The molecule has 0 radical (unpaired) electrons. The topological polar surface area (TPSA) is 12.0 Å². The molecule has 0 saturated heterocycles. The Morgan fingerprint density at radius 2 is 1.88 bits per heavy atom. The van der Waals surface area contributed by atoms with Crippen LogP contribution in [0.2, 0.25) is 0 Å². The van der Waals surface area contributed by atoms with Crippen LogP contribution in [0.1, 0.15) is 32.8 Å². The first-order chi connectivity index (χ1) is 7.49. The quantitative estimate of drug-likeness (QED) is 0.616. The van der Waals surface area contributed by atoms with E-state index in [1.165, 1.54) is 22.6 Å². The predicted octanol–water partition coefficient (Wildman–Crippen LogP) is 3.87. The van der Waals surface area contributed by atoms with Gasteiger partial charge in [0.1, 0.15) is 0 Å². The molecule has 0 aliphatic rings. The van der Waals surface area contributed by atoms with Crippen molar-refractivity contribution in [3.05, 3.63) is 29.8 Å². The lowest BCUT2D eigenvalue weighted by atomic mass is 10.1. The third kappa shape index (κ3) is 5.57. The van der Waals surface area contributed by atoms with Crippen LogP contribution in [0.3, 0.4) is 0 Å². The molecule has 0 aliphatic heterocycles. The maximum absolute atomic E-state index is 3.51. The molecule has 0 aliphatic carbocycles. The van der Waals surface area contributed by atoms with Crippen molar-refractivity contribution in [1.82, 2.24) is 5.32 Å². The van der Waals surface area contributed by atoms with Crippen molar-refractivity contribution in [3.8, 4) is 0 Å². The Bertz CT molecular complexity index is 315. The van der Waals surface area contributed by atoms with Crippen molar-refractivity contribution >= 4 is 11.8 Å². The molecule has 0 bridgehead atoms. The summed E-state index contributed by atoms with van der Waals surface area (Å²) in [5.74, 6) is 1.19. The average molecular weight is 237 g/mol. The van der Waals surface area contributed by atoms with Gasteiger partial charge in [-0.2, -0.15) is 0 Å². The monoisotopic (exact) mass is 237 g/mol. The Morgan fingerprint density at radius 3 is 2.50 bits per heavy atom. The van der Waals surface area contributed by atoms with E-state index in [0.29, 0.717) is 0 Å². The zero-order valence-corrected chi connectivity index (χ0v) is 11.7. The van der Waals surface area contributed by atoms with Crippen LogP contribution in [0.5, 0.6) is 0 Å². The molecule has 16 heavy (non-hydrogen) atoms. The van der Waals surface area contributed by atoms with E-state index in [1.54, 1.807) is 0 Å². The van der Waals surface area contributed by atoms with Crippen LogP contribution in [0.15, 0.2) is 29.2 Å². The summed E-state index contributed by atoms with van der Waals surface area (Å²) < 4.78 is 0. The highest BCUT2D eigenvalue weighted by Crippen LogP contribution is 2.22. The van der Waals surface area contributed by atoms with Crippen LogP contribution in [-0.2, 0) is 0 Å². The number of aryl methyl sites for hydroxylation is 1. The molecule has 0 heterocycles. The highest BCUT2D eigenvalue weighted by Gasteiger charge is 2.07. The summed E-state index contributed by atoms with van der Waals surface area (Å²) in [4.78, 5) is 1.42. The molecule has 2 heteroatoms. The van der Waals surface area contributed by atoms with Crippen LogP contribution in [-0.4, -0.2) is 17.8 Å². The van der Waals surface area contributed by atoms with Crippen LogP contribution in [0, 0.1) is 6.92 Å². The lowest BCUT2D eigenvalue weighted by molar-refractivity contribution is 0.427. The summed E-state index contributed by atoms with van der Waals surface area (Å²) in [6, 6.07) is 8.59. The number of thioether (sulfide) groups is 1. The Morgan fingerprint density at radius 1 is 1.19 bits per heavy atom. The van der Waals surface area contributed by atoms with E-state index in [9.17, 15) is 0 Å². The fourth-order valence-electron chi connectivity index (χ4n) is 1.44. The van der Waals surface area contributed by atoms with E-state index < -0.39 is 0 Å². The SMILES string of the molecule is Cc1ccccc1SCCCNC(C)(C)C. The molecule has 0 spiro atoms. The minimum Gasteiger partial charge on any atom is -0.312 e. The van der Waals surface area contributed by atoms with E-state index in [0.717, 1.165) is 6.54 Å². The van der Waals surface area contributed by atoms with Crippen molar-refractivity contribution in [1.29, 1.82) is 0 Å². The molecule has 1 rings (SSSR count). The van der Waals surface area contributed by atoms with Gasteiger partial charge in [0, 0.05) is 10.4 Å². The highest BCUT2D eigenvalue weighted by atomic mass is 32.2. The zero-order chi connectivity index (χ0) is 12.0. The molecule has 0 unspecified atom stereocenters. The highest BCUT2D eigenvalue weighted by molar-refractivity contribution is 7.99. The van der Waals surface area contributed by atoms with Gasteiger partial charge in [-0.05, 0) is 58.0 Å². The van der Waals surface area contributed by atoms with Crippen molar-refractivity contribution in [3.63, 3.8) is 0 Å². The molecule has 0 aromatic heterocycles. The number of hydrogen-bond donors (Lipinski definition) is 1. The van der Waals surface area contributed by atoms with Gasteiger partial charge in [0.15, 0.2) is 0 Å². The number of hydrogen-bond acceptors (Lipinski definition) is 2. The van der Waals surface area contributed by atoms with Crippen LogP contribution in [0.25, 0.3) is 0 Å². The second-order valence-electron chi connectivity index (χ2n) is 5.14. The Labute approximate surface area is 104 Å². The second-order valence-corrected chi connectivity index (χ2v) is 6.28. The third-order valence-corrected chi connectivity index (χ3v) is 3.59. The Balaban J connectivity index is 2.19. The first kappa shape index (κ1) is 13.6. The van der Waals surface area contributed by atoms with Crippen LogP contribution in [0.4, 0.5) is 0 Å². The first-order valence-corrected chi connectivity index (χ1v) is 6.91. The summed E-state index contributed by atoms with van der Waals surface area (Å²) in [6.07, 6.45) is 1.22. The molecular formula is C14H23NS. The van der Waals surface area contributed by atoms with Gasteiger partial charge in [-0.15, -0.1) is 11.8 Å². The van der Waals surface area contributed by atoms with Crippen molar-refractivity contribution in [2.45, 2.75) is 44.6 Å². The maximum atomic E-state index is 3.51. The van der Waals surface area contributed by atoms with Gasteiger partial charge < -0.3 is 5.32 Å². The first-order valence-electron chi connectivity index (χ1n) is 5.92. The van der Waals surface area contributed by atoms with Crippen molar-refractivity contribution < 1.29 is 0 Å². The molecule has 1 N–H and O–H groups in total. The molecule has 0 amide bonds. The van der Waals surface area contributed by atoms with Gasteiger partial charge in [0.25, 0.3) is 0 Å². The van der Waals surface area contributed by atoms with Crippen molar-refractivity contribution in [2.75, 3.05) is 12.3 Å². The molecule has 1 aromatic rings. The third-order valence-electron chi connectivity index (χ3n) is 2.33. The van der Waals surface area contributed by atoms with Gasteiger partial charge in [-0.3, -0.25) is 0 Å². The summed E-state index contributed by atoms with van der Waals surface area (Å²) in [7, 11) is 0. The van der Waals surface area contributed by atoms with Crippen LogP contribution < -0.4 is 5.32 Å². The number of rotatable bonds is 5. The number of benzene rings is 1. The lowest BCUT2D eigenvalue weighted by Gasteiger charge is -2.20. The molecule has 1 aromatic carbocycles. The molecule has 1 nitrogen and oxygen atoms in total. The van der Waals surface area contributed by atoms with E-state index in [2.05, 4.69) is 57.3 Å². The zero-order valence-electron chi connectivity index (χ0n) is 10.8. The lowest BCUT2D eigenvalue weighted by Crippen LogP contribution is -2.36. The van der Waals surface area contributed by atoms with E-state index in [4.69, 9.17) is 0 Å². The van der Waals surface area contributed by atoms with E-state index >= 15 is 0 Å². The number of nitrogens with one attached hydrogen (secondary N) is 1. The summed E-state index contributed by atoms with van der Waals surface area (Å²) in [5, 5.41) is 3.51. The Kier molecular flexibility index (Phi) is 5.36. The Hall–Kier alpha value is -0.470. The summed E-state index contributed by atoms with van der Waals surface area (Å²) in [5.41, 5.74) is 1.63. The smallest absolute Gasteiger partial charge is 0.0101 e. The van der Waals surface area contributed by atoms with Gasteiger partial charge in [-0.1, -0.05) is 18.2 Å². The van der Waals surface area contributed by atoms with Crippen LogP contribution >= 0.6 is 11.8 Å². The molecule has 90 valence electrons. The second kappa shape index (κ2) is 6.31. The van der Waals surface area contributed by atoms with Gasteiger partial charge in [0.2, 0.25) is 0 Å². The van der Waals surface area contributed by atoms with Gasteiger partial charge in [0.05, 0.1) is 0 Å². The summed E-state index contributed by atoms with van der Waals surface area (Å²) >= 11 is 1.96. The van der Waals surface area contributed by atoms with E-state index in [-0.39, 0.29) is 5.54 Å². The molecule has 0 saturated carbocycles. The minimum absolute atomic E-state index is 0.243. The van der Waals surface area contributed by atoms with E-state index in [1.807, 2.05) is 11.8 Å². The average Bonchev–Trinajstić information content (AvgIpc) is 2.18. The van der Waals surface area contributed by atoms with Crippen molar-refractivity contribution in [2.24, 2.45) is 0 Å². The molecule has 0 atom stereocenters. The minimum atomic E-state index is 0.243. The summed E-state index contributed by atoms with van der Waals surface area (Å²) in [6.45, 7) is 9.91. The van der Waals surface area contributed by atoms with Gasteiger partial charge in [-0.25, -0.2) is 0 Å². The molecular weight excluding hydrogens is 214 g/mol. The fraction of sp³-hybridized carbons (Fsp3) is 0.571. The standard InChI is InChI=1S/C14H23NS/c1-12-8-5-6-9-13(12)16-11-7-10-15-14(2,3)4/h5-6,8-9,15H,7,10-11H2,1-4H3. The maximum Gasteiger partial charge on any atom is 0.0101 e. The van der Waals surface area contributed by atoms with Gasteiger partial charge >= 0.3 is 0 Å². The predicted molar refractivity (Wildman–Crippen MR) is 74.3 cm³/mol. The molecule has 0 fully saturated rings.